The first-order chi connectivity index (χ1) is 27.7. The molecule has 2 aliphatic rings. The molecule has 0 spiro atoms. The number of hydrogen-bond donors (Lipinski definition) is 1. The number of aliphatic hydroxyl groups excluding tert-OH is 1. The molecule has 5 aromatic rings. The lowest BCUT2D eigenvalue weighted by molar-refractivity contribution is -0.323. The summed E-state index contributed by atoms with van der Waals surface area (Å²) in [4.78, 5) is 0. The number of hydrogen-bond acceptors (Lipinski definition) is 9. The van der Waals surface area contributed by atoms with Crippen LogP contribution < -0.4 is 0 Å². The molecule has 5 aromatic carbocycles. The van der Waals surface area contributed by atoms with Crippen LogP contribution in [0.4, 0.5) is 0 Å². The average molecular weight is 759 g/mol. The Morgan fingerprint density at radius 2 is 0.857 bits per heavy atom. The molecule has 2 heterocycles. The highest BCUT2D eigenvalue weighted by Crippen LogP contribution is 2.30. The molecule has 1 fully saturated rings. The average Bonchev–Trinajstić information content (AvgIpc) is 3.26. The van der Waals surface area contributed by atoms with Crippen LogP contribution in [0.1, 0.15) is 27.8 Å². The Bertz CT molecular complexity index is 1850. The minimum Gasteiger partial charge on any atom is -0.493 e. The summed E-state index contributed by atoms with van der Waals surface area (Å²) >= 11 is 0. The van der Waals surface area contributed by atoms with Gasteiger partial charge in [0.05, 0.1) is 52.5 Å². The minimum absolute atomic E-state index is 0.0370. The zero-order chi connectivity index (χ0) is 38.2. The van der Waals surface area contributed by atoms with Gasteiger partial charge in [-0.05, 0) is 33.9 Å². The summed E-state index contributed by atoms with van der Waals surface area (Å²) in [5.41, 5.74) is 5.05. The molecule has 292 valence electrons. The van der Waals surface area contributed by atoms with E-state index in [1.54, 1.807) is 6.26 Å². The molecule has 0 aromatic heterocycles. The fraction of sp³-hybridized carbons (Fsp3) is 0.319. The molecule has 0 amide bonds. The van der Waals surface area contributed by atoms with Crippen LogP contribution >= 0.6 is 0 Å². The summed E-state index contributed by atoms with van der Waals surface area (Å²) in [5.74, 6) is 0. The summed E-state index contributed by atoms with van der Waals surface area (Å²) in [5, 5.41) is 12.0. The van der Waals surface area contributed by atoms with Gasteiger partial charge in [0.2, 0.25) is 0 Å². The smallest absolute Gasteiger partial charge is 0.186 e. The Balaban J connectivity index is 1.09. The second kappa shape index (κ2) is 21.0. The van der Waals surface area contributed by atoms with Crippen molar-refractivity contribution in [2.75, 3.05) is 13.2 Å². The van der Waals surface area contributed by atoms with E-state index in [0.29, 0.717) is 26.4 Å². The van der Waals surface area contributed by atoms with Crippen molar-refractivity contribution < 1.29 is 43.0 Å². The summed E-state index contributed by atoms with van der Waals surface area (Å²) in [6.45, 7) is 1.88. The standard InChI is InChI=1S/C47H50O9/c48-43-46(54-32-39-24-14-5-15-25-39)45(53-31-38-22-12-4-13-23-38)42(33-49-28-35-16-6-1-7-17-35)56-47(43)55-34-41-44(52-30-37-20-10-3-11-21-37)40(26-27-50-41)51-29-36-18-8-2-9-19-36/h1-27,40-48H,28-34H2/t40-,41-,42-,43-,44+,45-,46-,47+/m1/s1. The van der Waals surface area contributed by atoms with Gasteiger partial charge in [-0.2, -0.15) is 0 Å². The maximum Gasteiger partial charge on any atom is 0.186 e. The van der Waals surface area contributed by atoms with E-state index >= 15 is 0 Å². The van der Waals surface area contributed by atoms with Crippen LogP contribution in [0, 0.1) is 0 Å². The van der Waals surface area contributed by atoms with Gasteiger partial charge in [0.1, 0.15) is 36.6 Å². The van der Waals surface area contributed by atoms with Gasteiger partial charge in [0, 0.05) is 0 Å². The van der Waals surface area contributed by atoms with Crippen molar-refractivity contribution in [2.24, 2.45) is 0 Å². The minimum atomic E-state index is -1.21. The van der Waals surface area contributed by atoms with E-state index in [-0.39, 0.29) is 19.8 Å². The maximum absolute atomic E-state index is 12.0. The van der Waals surface area contributed by atoms with E-state index in [0.717, 1.165) is 27.8 Å². The third-order valence-electron chi connectivity index (χ3n) is 9.79. The molecule has 56 heavy (non-hydrogen) atoms. The first-order valence-electron chi connectivity index (χ1n) is 19.2. The molecular formula is C47H50O9. The van der Waals surface area contributed by atoms with E-state index in [9.17, 15) is 5.11 Å². The molecule has 1 saturated heterocycles. The SMILES string of the molecule is O[C@H]1[C@@H](OC[C@H]2OC=C[C@@H](OCc3ccccc3)[C@@H]2OCc2ccccc2)O[C@H](COCc2ccccc2)[C@@H](OCc2ccccc2)[C@@H]1OCc1ccccc1. The van der Waals surface area contributed by atoms with E-state index in [2.05, 4.69) is 0 Å². The fourth-order valence-corrected chi connectivity index (χ4v) is 6.79. The lowest BCUT2D eigenvalue weighted by Gasteiger charge is -2.44. The Labute approximate surface area is 329 Å². The Morgan fingerprint density at radius 3 is 1.36 bits per heavy atom. The fourth-order valence-electron chi connectivity index (χ4n) is 6.79. The highest BCUT2D eigenvalue weighted by Gasteiger charge is 2.48. The molecule has 0 aliphatic carbocycles. The number of rotatable bonds is 19. The van der Waals surface area contributed by atoms with Crippen LogP contribution in [0.3, 0.4) is 0 Å². The first-order valence-corrected chi connectivity index (χ1v) is 19.2. The number of ether oxygens (including phenoxy) is 8. The molecule has 0 saturated carbocycles. The summed E-state index contributed by atoms with van der Waals surface area (Å²) in [6.07, 6.45) is -2.48. The van der Waals surface area contributed by atoms with Crippen molar-refractivity contribution in [2.45, 2.75) is 82.1 Å². The van der Waals surface area contributed by atoms with Gasteiger partial charge >= 0.3 is 0 Å². The van der Waals surface area contributed by atoms with E-state index in [4.69, 9.17) is 37.9 Å². The summed E-state index contributed by atoms with van der Waals surface area (Å²) in [7, 11) is 0. The maximum atomic E-state index is 12.0. The third kappa shape index (κ3) is 11.4. The normalized spacial score (nSPS) is 24.7. The van der Waals surface area contributed by atoms with Crippen LogP contribution in [-0.4, -0.2) is 67.3 Å². The van der Waals surface area contributed by atoms with Gasteiger partial charge in [-0.1, -0.05) is 152 Å². The van der Waals surface area contributed by atoms with Crippen molar-refractivity contribution >= 4 is 0 Å². The predicted octanol–water partition coefficient (Wildman–Crippen LogP) is 7.56. The summed E-state index contributed by atoms with van der Waals surface area (Å²) in [6, 6.07) is 49.7. The second-order valence-corrected chi connectivity index (χ2v) is 13.9. The monoisotopic (exact) mass is 758 g/mol. The molecule has 0 radical (unpaired) electrons. The topological polar surface area (TPSA) is 94.1 Å². The highest BCUT2D eigenvalue weighted by molar-refractivity contribution is 5.17. The molecular weight excluding hydrogens is 709 g/mol. The largest absolute Gasteiger partial charge is 0.493 e. The molecule has 7 rings (SSSR count). The Kier molecular flexibility index (Phi) is 14.8. The van der Waals surface area contributed by atoms with Crippen molar-refractivity contribution in [1.82, 2.24) is 0 Å². The van der Waals surface area contributed by atoms with Gasteiger partial charge in [-0.15, -0.1) is 0 Å². The van der Waals surface area contributed by atoms with Gasteiger partial charge in [-0.25, -0.2) is 0 Å². The van der Waals surface area contributed by atoms with E-state index < -0.39 is 49.0 Å². The molecule has 8 atom stereocenters. The lowest BCUT2D eigenvalue weighted by Crippen LogP contribution is -2.61. The molecule has 9 heteroatoms. The molecule has 1 N–H and O–H groups in total. The summed E-state index contributed by atoms with van der Waals surface area (Å²) < 4.78 is 51.4. The second-order valence-electron chi connectivity index (χ2n) is 13.9. The quantitative estimate of drug-likeness (QED) is 0.0916. The lowest BCUT2D eigenvalue weighted by atomic mass is 9.98. The van der Waals surface area contributed by atoms with Gasteiger partial charge in [0.25, 0.3) is 0 Å². The van der Waals surface area contributed by atoms with Crippen molar-refractivity contribution in [3.8, 4) is 0 Å². The van der Waals surface area contributed by atoms with Crippen molar-refractivity contribution in [3.63, 3.8) is 0 Å². The van der Waals surface area contributed by atoms with Crippen LogP contribution in [0.15, 0.2) is 164 Å². The Morgan fingerprint density at radius 1 is 0.429 bits per heavy atom. The van der Waals surface area contributed by atoms with Gasteiger partial charge in [-0.3, -0.25) is 0 Å². The van der Waals surface area contributed by atoms with E-state index in [1.807, 2.05) is 158 Å². The van der Waals surface area contributed by atoms with Crippen LogP contribution in [0.2, 0.25) is 0 Å². The van der Waals surface area contributed by atoms with Crippen LogP contribution in [-0.2, 0) is 70.9 Å². The first kappa shape index (κ1) is 39.6. The molecule has 2 aliphatic heterocycles. The Hall–Kier alpha value is -4.68. The van der Waals surface area contributed by atoms with Gasteiger partial charge in [0.15, 0.2) is 12.4 Å². The number of benzene rings is 5. The highest BCUT2D eigenvalue weighted by atomic mass is 16.7. The zero-order valence-electron chi connectivity index (χ0n) is 31.4. The number of aliphatic hydroxyl groups is 1. The van der Waals surface area contributed by atoms with Crippen LogP contribution in [0.25, 0.3) is 0 Å². The van der Waals surface area contributed by atoms with Crippen LogP contribution in [0.5, 0.6) is 0 Å². The molecule has 9 nitrogen and oxygen atoms in total. The zero-order valence-corrected chi connectivity index (χ0v) is 31.4. The van der Waals surface area contributed by atoms with Gasteiger partial charge < -0.3 is 43.0 Å². The van der Waals surface area contributed by atoms with Crippen molar-refractivity contribution in [3.05, 3.63) is 192 Å². The van der Waals surface area contributed by atoms with E-state index in [1.165, 1.54) is 0 Å². The third-order valence-corrected chi connectivity index (χ3v) is 9.79. The predicted molar refractivity (Wildman–Crippen MR) is 211 cm³/mol. The molecule has 0 unspecified atom stereocenters. The van der Waals surface area contributed by atoms with Crippen molar-refractivity contribution in [1.29, 1.82) is 0 Å². The molecule has 0 bridgehead atoms.